The molecule has 33 heavy (non-hydrogen) atoms. The molecule has 174 valence electrons. The number of nitrogens with zero attached hydrogens (tertiary/aromatic N) is 3. The number of hydrogen-bond donors (Lipinski definition) is 3. The Morgan fingerprint density at radius 1 is 1.24 bits per heavy atom. The quantitative estimate of drug-likeness (QED) is 0.602. The van der Waals surface area contributed by atoms with Gasteiger partial charge in [-0.3, -0.25) is 20.0 Å². The number of urea groups is 1. The van der Waals surface area contributed by atoms with Crippen LogP contribution in [0.25, 0.3) is 0 Å². The van der Waals surface area contributed by atoms with Gasteiger partial charge in [-0.1, -0.05) is 18.2 Å². The zero-order valence-corrected chi connectivity index (χ0v) is 19.0. The van der Waals surface area contributed by atoms with E-state index in [0.717, 1.165) is 60.6 Å². The molecule has 1 aromatic heterocycles. The van der Waals surface area contributed by atoms with Crippen molar-refractivity contribution in [3.05, 3.63) is 51.7 Å². The number of benzene rings is 1. The monoisotopic (exact) mass is 470 g/mol. The Morgan fingerprint density at radius 2 is 2.06 bits per heavy atom. The van der Waals surface area contributed by atoms with Crippen LogP contribution in [0.5, 0.6) is 0 Å². The van der Waals surface area contributed by atoms with Crippen molar-refractivity contribution < 1.29 is 14.0 Å². The van der Waals surface area contributed by atoms with Gasteiger partial charge in [-0.15, -0.1) is 11.3 Å². The molecular formula is C23H27FN6O2S. The van der Waals surface area contributed by atoms with Crippen LogP contribution in [-0.4, -0.2) is 53.2 Å². The number of hydrogen-bond acceptors (Lipinski definition) is 6. The number of carbonyl (C=O) groups excluding carboxylic acids is 2. The molecule has 2 aliphatic heterocycles. The van der Waals surface area contributed by atoms with Crippen LogP contribution in [0, 0.1) is 5.82 Å². The second-order valence-electron chi connectivity index (χ2n) is 8.88. The Hall–Kier alpha value is -2.98. The van der Waals surface area contributed by atoms with E-state index in [0.29, 0.717) is 29.6 Å². The average Bonchev–Trinajstić information content (AvgIpc) is 3.46. The maximum atomic E-state index is 14.2. The van der Waals surface area contributed by atoms with Gasteiger partial charge in [0.25, 0.3) is 5.91 Å². The second kappa shape index (κ2) is 8.75. The smallest absolute Gasteiger partial charge is 0.317 e. The van der Waals surface area contributed by atoms with Crippen molar-refractivity contribution in [1.29, 1.82) is 0 Å². The first-order valence-corrected chi connectivity index (χ1v) is 12.0. The van der Waals surface area contributed by atoms with E-state index in [1.165, 1.54) is 17.4 Å². The molecule has 8 nitrogen and oxygen atoms in total. The largest absolute Gasteiger partial charge is 0.365 e. The van der Waals surface area contributed by atoms with Gasteiger partial charge in [-0.25, -0.2) is 9.18 Å². The molecular weight excluding hydrogens is 443 g/mol. The maximum absolute atomic E-state index is 14.2. The predicted molar refractivity (Wildman–Crippen MR) is 126 cm³/mol. The zero-order chi connectivity index (χ0) is 23.1. The van der Waals surface area contributed by atoms with Gasteiger partial charge in [0.1, 0.15) is 10.8 Å². The summed E-state index contributed by atoms with van der Waals surface area (Å²) < 4.78 is 14.2. The van der Waals surface area contributed by atoms with Crippen LogP contribution in [0.4, 0.5) is 14.2 Å². The van der Waals surface area contributed by atoms with Gasteiger partial charge < -0.3 is 11.5 Å². The Labute approximate surface area is 195 Å². The molecule has 0 radical (unpaired) electrons. The average molecular weight is 471 g/mol. The number of rotatable bonds is 6. The Bertz CT molecular complexity index is 1130. The standard InChI is InChI=1S/C23H27FN6O2S/c24-17-6-2-1-4-13(17)10-29-9-3-5-14(29)11-30-12-16-18(28-30)8-7-15-19(21(25)31)22(27-23(26)32)33-20(15)16/h1-2,4,6,14,16H,3,5,7-12H2,(H2,25,31)(H3,26,27,32). The van der Waals surface area contributed by atoms with E-state index < -0.39 is 11.9 Å². The summed E-state index contributed by atoms with van der Waals surface area (Å²) in [7, 11) is 0. The molecule has 5 rings (SSSR count). The lowest BCUT2D eigenvalue weighted by atomic mass is 9.86. The van der Waals surface area contributed by atoms with E-state index in [4.69, 9.17) is 16.6 Å². The van der Waals surface area contributed by atoms with Crippen molar-refractivity contribution in [2.24, 2.45) is 16.6 Å². The van der Waals surface area contributed by atoms with E-state index in [2.05, 4.69) is 15.2 Å². The Balaban J connectivity index is 1.31. The van der Waals surface area contributed by atoms with Crippen LogP contribution in [0.2, 0.25) is 0 Å². The fourth-order valence-electron chi connectivity index (χ4n) is 5.31. The van der Waals surface area contributed by atoms with Gasteiger partial charge in [0.15, 0.2) is 0 Å². The van der Waals surface area contributed by atoms with Crippen LogP contribution < -0.4 is 16.8 Å². The Kier molecular flexibility index (Phi) is 5.79. The van der Waals surface area contributed by atoms with Gasteiger partial charge in [-0.2, -0.15) is 5.10 Å². The molecule has 1 saturated heterocycles. The van der Waals surface area contributed by atoms with Gasteiger partial charge in [0.2, 0.25) is 0 Å². The number of halogens is 1. The molecule has 0 bridgehead atoms. The maximum Gasteiger partial charge on any atom is 0.317 e. The number of primary amides is 2. The molecule has 1 fully saturated rings. The molecule has 1 aromatic carbocycles. The molecule has 2 unspecified atom stereocenters. The molecule has 0 saturated carbocycles. The molecule has 3 heterocycles. The lowest BCUT2D eigenvalue weighted by Gasteiger charge is -2.28. The number of thiophene rings is 1. The van der Waals surface area contributed by atoms with E-state index in [9.17, 15) is 14.0 Å². The number of nitrogens with two attached hydrogens (primary N) is 2. The molecule has 5 N–H and O–H groups in total. The summed E-state index contributed by atoms with van der Waals surface area (Å²) in [6.07, 6.45) is 3.57. The van der Waals surface area contributed by atoms with Crippen LogP contribution >= 0.6 is 11.3 Å². The second-order valence-corrected chi connectivity index (χ2v) is 9.93. The highest BCUT2D eigenvalue weighted by Crippen LogP contribution is 2.44. The van der Waals surface area contributed by atoms with Crippen molar-refractivity contribution in [2.45, 2.75) is 44.2 Å². The fourth-order valence-corrected chi connectivity index (χ4v) is 6.68. The van der Waals surface area contributed by atoms with E-state index in [-0.39, 0.29) is 11.7 Å². The third-order valence-corrected chi connectivity index (χ3v) is 8.05. The normalized spacial score (nSPS) is 22.1. The molecule has 10 heteroatoms. The number of amides is 3. The first-order valence-electron chi connectivity index (χ1n) is 11.2. The highest BCUT2D eigenvalue weighted by Gasteiger charge is 2.39. The van der Waals surface area contributed by atoms with E-state index in [1.807, 2.05) is 12.1 Å². The third-order valence-electron chi connectivity index (χ3n) is 6.79. The van der Waals surface area contributed by atoms with Gasteiger partial charge in [-0.05, 0) is 43.9 Å². The summed E-state index contributed by atoms with van der Waals surface area (Å²) in [5, 5.41) is 10.0. The van der Waals surface area contributed by atoms with Crippen LogP contribution in [0.15, 0.2) is 29.4 Å². The number of likely N-dealkylation sites (tertiary alicyclic amines) is 1. The molecule has 1 aliphatic carbocycles. The highest BCUT2D eigenvalue weighted by atomic mass is 32.1. The zero-order valence-electron chi connectivity index (χ0n) is 18.2. The summed E-state index contributed by atoms with van der Waals surface area (Å²) in [6, 6.07) is 6.55. The summed E-state index contributed by atoms with van der Waals surface area (Å²) in [4.78, 5) is 26.9. The SMILES string of the molecule is NC(=O)Nc1sc2c(c1C(N)=O)CCC1=NN(CC3CCCN3Cc3ccccc3F)CC12. The van der Waals surface area contributed by atoms with Gasteiger partial charge in [0, 0.05) is 35.3 Å². The molecule has 3 aliphatic rings. The first kappa shape index (κ1) is 21.8. The third kappa shape index (κ3) is 4.20. The van der Waals surface area contributed by atoms with Gasteiger partial charge >= 0.3 is 6.03 Å². The number of anilines is 1. The van der Waals surface area contributed by atoms with Gasteiger partial charge in [0.05, 0.1) is 18.0 Å². The summed E-state index contributed by atoms with van der Waals surface area (Å²) in [6.45, 7) is 3.06. The van der Waals surface area contributed by atoms with Crippen LogP contribution in [-0.2, 0) is 13.0 Å². The lowest BCUT2D eigenvalue weighted by Crippen LogP contribution is -2.38. The summed E-state index contributed by atoms with van der Waals surface area (Å²) >= 11 is 1.37. The Morgan fingerprint density at radius 3 is 2.82 bits per heavy atom. The van der Waals surface area contributed by atoms with Crippen molar-refractivity contribution in [2.75, 3.05) is 25.0 Å². The van der Waals surface area contributed by atoms with Crippen LogP contribution in [0.3, 0.4) is 0 Å². The summed E-state index contributed by atoms with van der Waals surface area (Å²) in [5.74, 6) is -0.630. The first-order chi connectivity index (χ1) is 15.9. The molecule has 2 aromatic rings. The van der Waals surface area contributed by atoms with Crippen molar-refractivity contribution in [1.82, 2.24) is 9.91 Å². The minimum atomic E-state index is -0.714. The van der Waals surface area contributed by atoms with Crippen LogP contribution in [0.1, 0.15) is 51.5 Å². The fraction of sp³-hybridized carbons (Fsp3) is 0.435. The minimum absolute atomic E-state index is 0.0849. The highest BCUT2D eigenvalue weighted by molar-refractivity contribution is 7.17. The number of hydrazone groups is 1. The minimum Gasteiger partial charge on any atom is -0.365 e. The van der Waals surface area contributed by atoms with Crippen molar-refractivity contribution in [3.63, 3.8) is 0 Å². The van der Waals surface area contributed by atoms with E-state index >= 15 is 0 Å². The topological polar surface area (TPSA) is 117 Å². The predicted octanol–water partition coefficient (Wildman–Crippen LogP) is 2.84. The van der Waals surface area contributed by atoms with Crippen molar-refractivity contribution in [3.8, 4) is 0 Å². The molecule has 0 spiro atoms. The number of carbonyl (C=O) groups is 2. The lowest BCUT2D eigenvalue weighted by molar-refractivity contribution is 0.100. The molecule has 2 atom stereocenters. The van der Waals surface area contributed by atoms with E-state index in [1.54, 1.807) is 6.07 Å². The number of nitrogens with one attached hydrogen (secondary N) is 1. The number of fused-ring (bicyclic) bond motifs is 3. The molecule has 3 amide bonds. The van der Waals surface area contributed by atoms with Crippen molar-refractivity contribution >= 4 is 34.0 Å². The summed E-state index contributed by atoms with van der Waals surface area (Å²) in [5.41, 5.74) is 14.0.